The maximum Gasteiger partial charge on any atom is 0.223 e. The molecule has 4 nitrogen and oxygen atoms in total. The van der Waals surface area contributed by atoms with Crippen molar-refractivity contribution in [1.29, 1.82) is 0 Å². The number of nitrogens with two attached hydrogens (primary N) is 1. The molecular formula is C13H14N4S. The van der Waals surface area contributed by atoms with E-state index in [0.717, 1.165) is 0 Å². The maximum absolute atomic E-state index is 5.54. The molecule has 0 saturated heterocycles. The van der Waals surface area contributed by atoms with Crippen LogP contribution in [0, 0.1) is 0 Å². The van der Waals surface area contributed by atoms with Gasteiger partial charge in [0.1, 0.15) is 10.7 Å². The fourth-order valence-corrected chi connectivity index (χ4v) is 1.70. The van der Waals surface area contributed by atoms with Crippen LogP contribution in [0.3, 0.4) is 0 Å². The van der Waals surface area contributed by atoms with Crippen LogP contribution in [0.4, 0.5) is 5.95 Å². The zero-order valence-corrected chi connectivity index (χ0v) is 10.8. The maximum atomic E-state index is 5.54. The topological polar surface area (TPSA) is 63.8 Å². The molecule has 0 aliphatic rings. The number of thiocarbonyl (C=S) groups is 1. The van der Waals surface area contributed by atoms with E-state index in [9.17, 15) is 0 Å². The number of benzene rings is 1. The molecule has 2 aromatic rings. The normalized spacial score (nSPS) is 11.8. The first kappa shape index (κ1) is 12.4. The second-order valence-corrected chi connectivity index (χ2v) is 4.35. The van der Waals surface area contributed by atoms with Crippen LogP contribution in [0.25, 0.3) is 0 Å². The summed E-state index contributed by atoms with van der Waals surface area (Å²) in [6.45, 7) is 2.05. The lowest BCUT2D eigenvalue weighted by molar-refractivity contribution is 0.859. The zero-order valence-electron chi connectivity index (χ0n) is 10.00. The second-order valence-electron chi connectivity index (χ2n) is 3.91. The van der Waals surface area contributed by atoms with Gasteiger partial charge in [-0.2, -0.15) is 0 Å². The number of hydrogen-bond acceptors (Lipinski definition) is 4. The van der Waals surface area contributed by atoms with Crippen molar-refractivity contribution in [2.24, 2.45) is 5.73 Å². The average Bonchev–Trinajstić information content (AvgIpc) is 2.40. The average molecular weight is 258 g/mol. The van der Waals surface area contributed by atoms with Gasteiger partial charge < -0.3 is 11.1 Å². The Morgan fingerprint density at radius 1 is 1.28 bits per heavy atom. The SMILES string of the molecule is CC(Nc1nccc(C(N)=S)n1)c1ccccc1. The second kappa shape index (κ2) is 5.55. The molecule has 0 radical (unpaired) electrons. The fourth-order valence-electron chi connectivity index (χ4n) is 1.58. The molecule has 18 heavy (non-hydrogen) atoms. The van der Waals surface area contributed by atoms with E-state index in [-0.39, 0.29) is 11.0 Å². The molecule has 0 bridgehead atoms. The van der Waals surface area contributed by atoms with Gasteiger partial charge >= 0.3 is 0 Å². The minimum atomic E-state index is 0.118. The van der Waals surface area contributed by atoms with Crippen molar-refractivity contribution in [2.45, 2.75) is 13.0 Å². The Labute approximate surface area is 111 Å². The van der Waals surface area contributed by atoms with E-state index < -0.39 is 0 Å². The highest BCUT2D eigenvalue weighted by Gasteiger charge is 2.07. The highest BCUT2D eigenvalue weighted by Crippen LogP contribution is 2.15. The van der Waals surface area contributed by atoms with Crippen molar-refractivity contribution in [3.05, 3.63) is 53.9 Å². The van der Waals surface area contributed by atoms with E-state index in [4.69, 9.17) is 18.0 Å². The number of nitrogens with one attached hydrogen (secondary N) is 1. The number of aromatic nitrogens is 2. The summed E-state index contributed by atoms with van der Waals surface area (Å²) in [7, 11) is 0. The van der Waals surface area contributed by atoms with E-state index in [1.807, 2.05) is 25.1 Å². The molecular weight excluding hydrogens is 244 g/mol. The minimum Gasteiger partial charge on any atom is -0.388 e. The molecule has 0 amide bonds. The largest absolute Gasteiger partial charge is 0.388 e. The van der Waals surface area contributed by atoms with Gasteiger partial charge in [0.2, 0.25) is 5.95 Å². The highest BCUT2D eigenvalue weighted by molar-refractivity contribution is 7.80. The van der Waals surface area contributed by atoms with Gasteiger partial charge in [-0.3, -0.25) is 0 Å². The summed E-state index contributed by atoms with van der Waals surface area (Å²) in [6.07, 6.45) is 1.64. The molecule has 3 N–H and O–H groups in total. The van der Waals surface area contributed by atoms with E-state index in [1.165, 1.54) is 5.56 Å². The quantitative estimate of drug-likeness (QED) is 0.824. The number of nitrogens with zero attached hydrogens (tertiary/aromatic N) is 2. The molecule has 1 atom stereocenters. The van der Waals surface area contributed by atoms with Crippen LogP contribution in [0.1, 0.15) is 24.2 Å². The van der Waals surface area contributed by atoms with E-state index >= 15 is 0 Å². The molecule has 0 aliphatic heterocycles. The van der Waals surface area contributed by atoms with Crippen molar-refractivity contribution >= 4 is 23.2 Å². The van der Waals surface area contributed by atoms with Gasteiger partial charge in [0.25, 0.3) is 0 Å². The van der Waals surface area contributed by atoms with Gasteiger partial charge in [0.15, 0.2) is 0 Å². The molecule has 1 heterocycles. The van der Waals surface area contributed by atoms with Crippen molar-refractivity contribution in [2.75, 3.05) is 5.32 Å². The summed E-state index contributed by atoms with van der Waals surface area (Å²) in [5.74, 6) is 0.525. The van der Waals surface area contributed by atoms with Gasteiger partial charge in [-0.25, -0.2) is 9.97 Å². The lowest BCUT2D eigenvalue weighted by Gasteiger charge is -2.14. The van der Waals surface area contributed by atoms with Gasteiger partial charge in [0.05, 0.1) is 6.04 Å². The van der Waals surface area contributed by atoms with Crippen LogP contribution >= 0.6 is 12.2 Å². The van der Waals surface area contributed by atoms with Crippen molar-refractivity contribution in [3.8, 4) is 0 Å². The van der Waals surface area contributed by atoms with Gasteiger partial charge in [0, 0.05) is 6.20 Å². The van der Waals surface area contributed by atoms with Crippen LogP contribution < -0.4 is 11.1 Å². The predicted octanol–water partition coefficient (Wildman–Crippen LogP) is 2.28. The summed E-state index contributed by atoms with van der Waals surface area (Å²) in [6, 6.07) is 11.9. The molecule has 0 aliphatic carbocycles. The molecule has 0 saturated carbocycles. The Hall–Kier alpha value is -2.01. The lowest BCUT2D eigenvalue weighted by Crippen LogP contribution is -2.15. The monoisotopic (exact) mass is 258 g/mol. The van der Waals surface area contributed by atoms with E-state index in [0.29, 0.717) is 11.6 Å². The van der Waals surface area contributed by atoms with E-state index in [2.05, 4.69) is 27.4 Å². The molecule has 92 valence electrons. The highest BCUT2D eigenvalue weighted by atomic mass is 32.1. The summed E-state index contributed by atoms with van der Waals surface area (Å²) in [5, 5.41) is 3.22. The molecule has 5 heteroatoms. The molecule has 1 unspecified atom stereocenters. The summed E-state index contributed by atoms with van der Waals surface area (Å²) < 4.78 is 0. The molecule has 0 fully saturated rings. The standard InChI is InChI=1S/C13H14N4S/c1-9(10-5-3-2-4-6-10)16-13-15-8-7-11(17-13)12(14)18/h2-9H,1H3,(H2,14,18)(H,15,16,17). The zero-order chi connectivity index (χ0) is 13.0. The van der Waals surface area contributed by atoms with Crippen molar-refractivity contribution in [3.63, 3.8) is 0 Å². The summed E-state index contributed by atoms with van der Waals surface area (Å²) >= 11 is 4.89. The number of hydrogen-bond donors (Lipinski definition) is 2. The van der Waals surface area contributed by atoms with Gasteiger partial charge in [-0.15, -0.1) is 0 Å². The van der Waals surface area contributed by atoms with Crippen molar-refractivity contribution in [1.82, 2.24) is 9.97 Å². The third kappa shape index (κ3) is 3.01. The van der Waals surface area contributed by atoms with Crippen LogP contribution in [-0.4, -0.2) is 15.0 Å². The Morgan fingerprint density at radius 3 is 2.67 bits per heavy atom. The molecule has 1 aromatic heterocycles. The van der Waals surface area contributed by atoms with Gasteiger partial charge in [-0.1, -0.05) is 42.5 Å². The summed E-state index contributed by atoms with van der Waals surface area (Å²) in [4.78, 5) is 8.67. The van der Waals surface area contributed by atoms with E-state index in [1.54, 1.807) is 12.3 Å². The number of rotatable bonds is 4. The summed E-state index contributed by atoms with van der Waals surface area (Å²) in [5.41, 5.74) is 7.28. The van der Waals surface area contributed by atoms with Crippen LogP contribution in [0.5, 0.6) is 0 Å². The minimum absolute atomic E-state index is 0.118. The predicted molar refractivity (Wildman–Crippen MR) is 76.4 cm³/mol. The first-order chi connectivity index (χ1) is 8.66. The van der Waals surface area contributed by atoms with Crippen LogP contribution in [-0.2, 0) is 0 Å². The first-order valence-electron chi connectivity index (χ1n) is 5.61. The number of anilines is 1. The molecule has 2 rings (SSSR count). The van der Waals surface area contributed by atoms with Gasteiger partial charge in [-0.05, 0) is 18.6 Å². The third-order valence-electron chi connectivity index (χ3n) is 2.55. The van der Waals surface area contributed by atoms with Crippen LogP contribution in [0.2, 0.25) is 0 Å². The van der Waals surface area contributed by atoms with Crippen molar-refractivity contribution < 1.29 is 0 Å². The Kier molecular flexibility index (Phi) is 3.84. The Balaban J connectivity index is 2.14. The lowest BCUT2D eigenvalue weighted by atomic mass is 10.1. The Morgan fingerprint density at radius 2 is 2.00 bits per heavy atom. The molecule has 1 aromatic carbocycles. The molecule has 0 spiro atoms. The third-order valence-corrected chi connectivity index (χ3v) is 2.76. The first-order valence-corrected chi connectivity index (χ1v) is 6.02. The fraction of sp³-hybridized carbons (Fsp3) is 0.154. The smallest absolute Gasteiger partial charge is 0.223 e. The Bertz CT molecular complexity index is 542. The van der Waals surface area contributed by atoms with Crippen LogP contribution in [0.15, 0.2) is 42.6 Å².